The van der Waals surface area contributed by atoms with Crippen molar-refractivity contribution >= 4 is 21.8 Å². The van der Waals surface area contributed by atoms with Gasteiger partial charge < -0.3 is 0 Å². The van der Waals surface area contributed by atoms with E-state index < -0.39 is 10.2 Å². The molecule has 19 heavy (non-hydrogen) atoms. The molecule has 2 atom stereocenters. The Balaban J connectivity index is 2.11. The van der Waals surface area contributed by atoms with Crippen LogP contribution in [0.3, 0.4) is 0 Å². The van der Waals surface area contributed by atoms with Crippen LogP contribution in [-0.2, 0) is 10.2 Å². The van der Waals surface area contributed by atoms with Gasteiger partial charge in [0.25, 0.3) is 10.2 Å². The molecule has 2 saturated heterocycles. The van der Waals surface area contributed by atoms with Crippen LogP contribution in [-0.4, -0.2) is 48.6 Å². The quantitative estimate of drug-likeness (QED) is 0.749. The van der Waals surface area contributed by atoms with E-state index in [1.165, 1.54) is 0 Å². The normalized spacial score (nSPS) is 31.5. The van der Waals surface area contributed by atoms with Gasteiger partial charge >= 0.3 is 0 Å². The Kier molecular flexibility index (Phi) is 5.52. The van der Waals surface area contributed by atoms with Gasteiger partial charge in [-0.15, -0.1) is 11.6 Å². The third-order valence-corrected chi connectivity index (χ3v) is 6.53. The van der Waals surface area contributed by atoms with Gasteiger partial charge in [0, 0.05) is 31.6 Å². The molecule has 2 unspecified atom stereocenters. The summed E-state index contributed by atoms with van der Waals surface area (Å²) in [5.74, 6) is 1.01. The zero-order chi connectivity index (χ0) is 13.9. The first-order valence-electron chi connectivity index (χ1n) is 7.38. The van der Waals surface area contributed by atoms with Crippen LogP contribution in [0.25, 0.3) is 0 Å². The first kappa shape index (κ1) is 15.5. The van der Waals surface area contributed by atoms with Crippen molar-refractivity contribution in [3.63, 3.8) is 0 Å². The summed E-state index contributed by atoms with van der Waals surface area (Å²) in [6.45, 7) is 4.14. The lowest BCUT2D eigenvalue weighted by molar-refractivity contribution is 0.207. The third kappa shape index (κ3) is 3.63. The van der Waals surface area contributed by atoms with Crippen LogP contribution >= 0.6 is 11.6 Å². The molecule has 0 aromatic heterocycles. The summed E-state index contributed by atoms with van der Waals surface area (Å²) in [7, 11) is -3.28. The van der Waals surface area contributed by atoms with Crippen molar-refractivity contribution in [2.45, 2.75) is 51.5 Å². The van der Waals surface area contributed by atoms with E-state index in [-0.39, 0.29) is 6.04 Å². The van der Waals surface area contributed by atoms with Crippen LogP contribution < -0.4 is 0 Å². The van der Waals surface area contributed by atoms with Gasteiger partial charge in [-0.05, 0) is 38.0 Å². The molecule has 2 rings (SSSR count). The zero-order valence-corrected chi connectivity index (χ0v) is 13.3. The highest BCUT2D eigenvalue weighted by Gasteiger charge is 2.37. The topological polar surface area (TPSA) is 40.6 Å². The Hall–Kier alpha value is 0.160. The second-order valence-electron chi connectivity index (χ2n) is 5.85. The molecular formula is C13H25ClN2O2S. The smallest absolute Gasteiger partial charge is 0.195 e. The number of halogens is 1. The fourth-order valence-electron chi connectivity index (χ4n) is 3.20. The van der Waals surface area contributed by atoms with E-state index in [0.717, 1.165) is 38.5 Å². The second kappa shape index (κ2) is 6.74. The Labute approximate surface area is 122 Å². The summed E-state index contributed by atoms with van der Waals surface area (Å²) in [6.07, 6.45) is 5.93. The van der Waals surface area contributed by atoms with Crippen molar-refractivity contribution in [2.75, 3.05) is 25.5 Å². The van der Waals surface area contributed by atoms with Gasteiger partial charge in [0.2, 0.25) is 0 Å². The van der Waals surface area contributed by atoms with E-state index in [2.05, 4.69) is 6.92 Å². The molecule has 4 nitrogen and oxygen atoms in total. The number of nitrogens with zero attached hydrogens (tertiary/aromatic N) is 2. The van der Waals surface area contributed by atoms with Crippen molar-refractivity contribution in [3.05, 3.63) is 0 Å². The van der Waals surface area contributed by atoms with Crippen LogP contribution in [0.5, 0.6) is 0 Å². The summed E-state index contributed by atoms with van der Waals surface area (Å²) in [6, 6.07) is 0.105. The molecule has 0 aromatic carbocycles. The molecule has 0 amide bonds. The van der Waals surface area contributed by atoms with Crippen LogP contribution in [0.2, 0.25) is 0 Å². The lowest BCUT2D eigenvalue weighted by atomic mass is 10.0. The second-order valence-corrected chi connectivity index (χ2v) is 8.11. The molecule has 0 bridgehead atoms. The molecule has 2 aliphatic rings. The lowest BCUT2D eigenvalue weighted by Gasteiger charge is -2.40. The number of piperidine rings is 2. The van der Waals surface area contributed by atoms with Crippen LogP contribution in [0, 0.1) is 5.92 Å². The van der Waals surface area contributed by atoms with Crippen molar-refractivity contribution in [1.29, 1.82) is 0 Å². The highest BCUT2D eigenvalue weighted by molar-refractivity contribution is 7.86. The van der Waals surface area contributed by atoms with Crippen LogP contribution in [0.15, 0.2) is 0 Å². The molecule has 0 aromatic rings. The van der Waals surface area contributed by atoms with E-state index in [1.54, 1.807) is 8.61 Å². The minimum Gasteiger partial charge on any atom is -0.195 e. The molecule has 2 heterocycles. The molecule has 2 aliphatic heterocycles. The SMILES string of the molecule is CC1CCCN(S(=O)(=O)N2CCCCC2CCCl)C1. The lowest BCUT2D eigenvalue weighted by Crippen LogP contribution is -2.52. The summed E-state index contributed by atoms with van der Waals surface area (Å²) >= 11 is 5.82. The van der Waals surface area contributed by atoms with E-state index in [9.17, 15) is 8.42 Å². The standard InChI is InChI=1S/C13H25ClN2O2S/c1-12-5-4-9-15(11-12)19(17,18)16-10-3-2-6-13(16)7-8-14/h12-13H,2-11H2,1H3. The fourth-order valence-corrected chi connectivity index (χ4v) is 5.49. The maximum Gasteiger partial charge on any atom is 0.282 e. The Bertz CT molecular complexity index is 386. The van der Waals surface area contributed by atoms with Gasteiger partial charge in [-0.2, -0.15) is 17.0 Å². The Morgan fingerprint density at radius 2 is 1.95 bits per heavy atom. The molecule has 0 N–H and O–H groups in total. The monoisotopic (exact) mass is 308 g/mol. The van der Waals surface area contributed by atoms with Crippen molar-refractivity contribution < 1.29 is 8.42 Å². The first-order chi connectivity index (χ1) is 9.05. The van der Waals surface area contributed by atoms with Gasteiger partial charge in [-0.3, -0.25) is 0 Å². The molecule has 2 fully saturated rings. The molecule has 112 valence electrons. The van der Waals surface area contributed by atoms with E-state index in [4.69, 9.17) is 11.6 Å². The molecule has 0 aliphatic carbocycles. The maximum absolute atomic E-state index is 12.8. The Morgan fingerprint density at radius 3 is 2.63 bits per heavy atom. The third-order valence-electron chi connectivity index (χ3n) is 4.26. The largest absolute Gasteiger partial charge is 0.282 e. The number of alkyl halides is 1. The van der Waals surface area contributed by atoms with Gasteiger partial charge in [-0.25, -0.2) is 0 Å². The Morgan fingerprint density at radius 1 is 1.16 bits per heavy atom. The van der Waals surface area contributed by atoms with Gasteiger partial charge in [-0.1, -0.05) is 13.3 Å². The molecule has 0 saturated carbocycles. The van der Waals surface area contributed by atoms with Gasteiger partial charge in [0.1, 0.15) is 0 Å². The van der Waals surface area contributed by atoms with Crippen molar-refractivity contribution in [1.82, 2.24) is 8.61 Å². The number of hydrogen-bond acceptors (Lipinski definition) is 2. The zero-order valence-electron chi connectivity index (χ0n) is 11.7. The summed E-state index contributed by atoms with van der Waals surface area (Å²) in [5.41, 5.74) is 0. The summed E-state index contributed by atoms with van der Waals surface area (Å²) in [4.78, 5) is 0. The van der Waals surface area contributed by atoms with Gasteiger partial charge in [0.05, 0.1) is 0 Å². The predicted molar refractivity (Wildman–Crippen MR) is 78.6 cm³/mol. The number of hydrogen-bond donors (Lipinski definition) is 0. The maximum atomic E-state index is 12.8. The van der Waals surface area contributed by atoms with Gasteiger partial charge in [0.15, 0.2) is 0 Å². The van der Waals surface area contributed by atoms with E-state index >= 15 is 0 Å². The van der Waals surface area contributed by atoms with Crippen molar-refractivity contribution in [2.24, 2.45) is 5.92 Å². The first-order valence-corrected chi connectivity index (χ1v) is 9.31. The minimum atomic E-state index is -3.28. The average Bonchev–Trinajstić information content (AvgIpc) is 2.39. The fraction of sp³-hybridized carbons (Fsp3) is 1.00. The molecule has 0 radical (unpaired) electrons. The van der Waals surface area contributed by atoms with E-state index in [0.29, 0.717) is 31.4 Å². The van der Waals surface area contributed by atoms with Crippen LogP contribution in [0.1, 0.15) is 45.4 Å². The van der Waals surface area contributed by atoms with E-state index in [1.807, 2.05) is 0 Å². The molecular weight excluding hydrogens is 284 g/mol. The van der Waals surface area contributed by atoms with Crippen LogP contribution in [0.4, 0.5) is 0 Å². The minimum absolute atomic E-state index is 0.105. The number of rotatable bonds is 4. The highest BCUT2D eigenvalue weighted by Crippen LogP contribution is 2.27. The predicted octanol–water partition coefficient (Wildman–Crippen LogP) is 2.45. The molecule has 0 spiro atoms. The summed E-state index contributed by atoms with van der Waals surface area (Å²) < 4.78 is 29.0. The summed E-state index contributed by atoms with van der Waals surface area (Å²) in [5, 5.41) is 0. The average molecular weight is 309 g/mol. The molecule has 6 heteroatoms. The highest BCUT2D eigenvalue weighted by atomic mass is 35.5. The van der Waals surface area contributed by atoms with Crippen molar-refractivity contribution in [3.8, 4) is 0 Å².